The van der Waals surface area contributed by atoms with E-state index < -0.39 is 16.9 Å². The Hall–Kier alpha value is -4.76. The van der Waals surface area contributed by atoms with Crippen LogP contribution in [0.4, 0.5) is 5.69 Å². The van der Waals surface area contributed by atoms with Gasteiger partial charge in [-0.2, -0.15) is 0 Å². The highest BCUT2D eigenvalue weighted by Gasteiger charge is 2.29. The summed E-state index contributed by atoms with van der Waals surface area (Å²) >= 11 is 6.22. The van der Waals surface area contributed by atoms with Crippen LogP contribution in [0.1, 0.15) is 40.5 Å². The SMILES string of the molecule is Cc1ccc(-n2c(C(C)N(Cc3ccco3)C(=O)c3cccc([N+](=O)[O-])c3)nc3cc(Cl)ccc3c2=O)cc1. The number of rotatable bonds is 7. The monoisotopic (exact) mass is 542 g/mol. The molecule has 196 valence electrons. The molecule has 39 heavy (non-hydrogen) atoms. The predicted octanol–water partition coefficient (Wildman–Crippen LogP) is 6.25. The number of hydrogen-bond acceptors (Lipinski definition) is 6. The van der Waals surface area contributed by atoms with Crippen molar-refractivity contribution in [2.24, 2.45) is 0 Å². The number of non-ortho nitro benzene ring substituents is 1. The van der Waals surface area contributed by atoms with E-state index in [1.165, 1.54) is 40.0 Å². The number of nitrogens with zero attached hydrogens (tertiary/aromatic N) is 4. The summed E-state index contributed by atoms with van der Waals surface area (Å²) in [6, 6.07) is 20.4. The quantitative estimate of drug-likeness (QED) is 0.177. The van der Waals surface area contributed by atoms with E-state index in [1.807, 2.05) is 31.2 Å². The number of carbonyl (C=O) groups is 1. The summed E-state index contributed by atoms with van der Waals surface area (Å²) in [5.41, 5.74) is 1.58. The molecule has 0 aliphatic rings. The van der Waals surface area contributed by atoms with Crippen LogP contribution < -0.4 is 5.56 Å². The minimum Gasteiger partial charge on any atom is -0.467 e. The van der Waals surface area contributed by atoms with Gasteiger partial charge in [0.2, 0.25) is 0 Å². The molecule has 5 rings (SSSR count). The first-order valence-electron chi connectivity index (χ1n) is 12.1. The third kappa shape index (κ3) is 5.17. The smallest absolute Gasteiger partial charge is 0.270 e. The number of aromatic nitrogens is 2. The normalized spacial score (nSPS) is 11.9. The second-order valence-electron chi connectivity index (χ2n) is 9.10. The molecule has 0 fully saturated rings. The van der Waals surface area contributed by atoms with Gasteiger partial charge in [-0.3, -0.25) is 24.3 Å². The van der Waals surface area contributed by atoms with Crippen molar-refractivity contribution < 1.29 is 14.1 Å². The minimum atomic E-state index is -0.765. The van der Waals surface area contributed by atoms with Crippen LogP contribution in [0.15, 0.2) is 94.3 Å². The van der Waals surface area contributed by atoms with Crippen LogP contribution in [0.3, 0.4) is 0 Å². The lowest BCUT2D eigenvalue weighted by Gasteiger charge is -2.30. The molecule has 10 heteroatoms. The van der Waals surface area contributed by atoms with E-state index in [-0.39, 0.29) is 23.4 Å². The molecule has 0 aliphatic heterocycles. The van der Waals surface area contributed by atoms with E-state index >= 15 is 0 Å². The fourth-order valence-corrected chi connectivity index (χ4v) is 4.58. The van der Waals surface area contributed by atoms with Gasteiger partial charge >= 0.3 is 0 Å². The van der Waals surface area contributed by atoms with Gasteiger partial charge in [-0.05, 0) is 62.4 Å². The van der Waals surface area contributed by atoms with Crippen molar-refractivity contribution in [2.45, 2.75) is 26.4 Å². The number of fused-ring (bicyclic) bond motifs is 1. The number of nitro benzene ring substituents is 1. The van der Waals surface area contributed by atoms with Gasteiger partial charge in [-0.25, -0.2) is 4.98 Å². The predicted molar refractivity (Wildman–Crippen MR) is 147 cm³/mol. The molecule has 0 aliphatic carbocycles. The zero-order valence-corrected chi connectivity index (χ0v) is 21.8. The van der Waals surface area contributed by atoms with Crippen molar-refractivity contribution in [3.63, 3.8) is 0 Å². The molecule has 1 atom stereocenters. The fourth-order valence-electron chi connectivity index (χ4n) is 4.41. The lowest BCUT2D eigenvalue weighted by molar-refractivity contribution is -0.384. The number of aryl methyl sites for hydroxylation is 1. The van der Waals surface area contributed by atoms with Gasteiger partial charge in [0.15, 0.2) is 0 Å². The maximum Gasteiger partial charge on any atom is 0.270 e. The fraction of sp³-hybridized carbons (Fsp3) is 0.138. The number of halogens is 1. The Morgan fingerprint density at radius 1 is 1.10 bits per heavy atom. The summed E-state index contributed by atoms with van der Waals surface area (Å²) in [6.07, 6.45) is 1.49. The number of nitro groups is 1. The van der Waals surface area contributed by atoms with Crippen LogP contribution in [-0.4, -0.2) is 25.3 Å². The van der Waals surface area contributed by atoms with E-state index in [2.05, 4.69) is 0 Å². The Bertz CT molecular complexity index is 1750. The van der Waals surface area contributed by atoms with Crippen molar-refractivity contribution in [3.05, 3.63) is 133 Å². The maximum atomic E-state index is 13.9. The first-order chi connectivity index (χ1) is 18.7. The lowest BCUT2D eigenvalue weighted by Crippen LogP contribution is -2.37. The molecule has 0 saturated heterocycles. The molecule has 0 N–H and O–H groups in total. The Morgan fingerprint density at radius 2 is 1.87 bits per heavy atom. The summed E-state index contributed by atoms with van der Waals surface area (Å²) < 4.78 is 7.01. The zero-order valence-electron chi connectivity index (χ0n) is 21.1. The third-order valence-corrected chi connectivity index (χ3v) is 6.70. The molecule has 2 heterocycles. The van der Waals surface area contributed by atoms with Gasteiger partial charge in [-0.1, -0.05) is 35.4 Å². The van der Waals surface area contributed by atoms with Crippen molar-refractivity contribution >= 4 is 34.1 Å². The number of amides is 1. The lowest BCUT2D eigenvalue weighted by atomic mass is 10.1. The largest absolute Gasteiger partial charge is 0.467 e. The highest BCUT2D eigenvalue weighted by Crippen LogP contribution is 2.28. The van der Waals surface area contributed by atoms with Crippen LogP contribution in [0.25, 0.3) is 16.6 Å². The van der Waals surface area contributed by atoms with E-state index in [0.29, 0.717) is 33.2 Å². The molecule has 5 aromatic rings. The molecule has 0 saturated carbocycles. The topological polar surface area (TPSA) is 111 Å². The molecule has 0 bridgehead atoms. The molecule has 1 amide bonds. The molecule has 1 unspecified atom stereocenters. The van der Waals surface area contributed by atoms with E-state index in [0.717, 1.165) is 5.56 Å². The second kappa shape index (κ2) is 10.5. The summed E-state index contributed by atoms with van der Waals surface area (Å²) in [6.45, 7) is 3.73. The van der Waals surface area contributed by atoms with Crippen molar-refractivity contribution in [3.8, 4) is 5.69 Å². The summed E-state index contributed by atoms with van der Waals surface area (Å²) in [5, 5.41) is 12.2. The van der Waals surface area contributed by atoms with Crippen molar-refractivity contribution in [2.75, 3.05) is 0 Å². The molecule has 3 aromatic carbocycles. The number of carbonyl (C=O) groups excluding carboxylic acids is 1. The van der Waals surface area contributed by atoms with E-state index in [1.54, 1.807) is 37.3 Å². The highest BCUT2D eigenvalue weighted by atomic mass is 35.5. The Kier molecular flexibility index (Phi) is 7.00. The zero-order chi connectivity index (χ0) is 27.7. The van der Waals surface area contributed by atoms with Gasteiger partial charge < -0.3 is 9.32 Å². The van der Waals surface area contributed by atoms with Gasteiger partial charge in [-0.15, -0.1) is 0 Å². The van der Waals surface area contributed by atoms with Crippen LogP contribution in [-0.2, 0) is 6.54 Å². The average Bonchev–Trinajstić information content (AvgIpc) is 3.45. The standard InChI is InChI=1S/C29H23ClN4O5/c1-18-8-11-22(12-9-18)33-27(31-26-16-21(30)10-13-25(26)29(33)36)19(2)32(17-24-7-4-14-39-24)28(35)20-5-3-6-23(15-20)34(37)38/h3-16,19H,17H2,1-2H3. The minimum absolute atomic E-state index is 0.0348. The summed E-state index contributed by atoms with van der Waals surface area (Å²) in [5.74, 6) is 0.302. The molecule has 2 aromatic heterocycles. The van der Waals surface area contributed by atoms with Crippen LogP contribution in [0, 0.1) is 17.0 Å². The highest BCUT2D eigenvalue weighted by molar-refractivity contribution is 6.31. The van der Waals surface area contributed by atoms with E-state index in [4.69, 9.17) is 21.0 Å². The first-order valence-corrected chi connectivity index (χ1v) is 12.5. The van der Waals surface area contributed by atoms with Crippen LogP contribution >= 0.6 is 11.6 Å². The average molecular weight is 543 g/mol. The second-order valence-corrected chi connectivity index (χ2v) is 9.54. The van der Waals surface area contributed by atoms with E-state index in [9.17, 15) is 19.7 Å². The molecule has 9 nitrogen and oxygen atoms in total. The first kappa shape index (κ1) is 25.9. The summed E-state index contributed by atoms with van der Waals surface area (Å²) in [4.78, 5) is 44.8. The van der Waals surface area contributed by atoms with Crippen LogP contribution in [0.5, 0.6) is 0 Å². The van der Waals surface area contributed by atoms with Gasteiger partial charge in [0.05, 0.1) is 40.4 Å². The number of hydrogen-bond donors (Lipinski definition) is 0. The molecular formula is C29H23ClN4O5. The maximum absolute atomic E-state index is 13.9. The summed E-state index contributed by atoms with van der Waals surface area (Å²) in [7, 11) is 0. The van der Waals surface area contributed by atoms with Gasteiger partial charge in [0.1, 0.15) is 11.6 Å². The number of benzene rings is 3. The van der Waals surface area contributed by atoms with Crippen LogP contribution in [0.2, 0.25) is 5.02 Å². The molecule has 0 radical (unpaired) electrons. The third-order valence-electron chi connectivity index (χ3n) is 6.46. The molecular weight excluding hydrogens is 520 g/mol. The van der Waals surface area contributed by atoms with Gasteiger partial charge in [0, 0.05) is 22.7 Å². The van der Waals surface area contributed by atoms with Crippen molar-refractivity contribution in [1.29, 1.82) is 0 Å². The Labute approximate surface area is 228 Å². The van der Waals surface area contributed by atoms with Crippen molar-refractivity contribution in [1.82, 2.24) is 14.5 Å². The molecule has 0 spiro atoms. The Balaban J connectivity index is 1.71. The Morgan fingerprint density at radius 3 is 2.56 bits per heavy atom. The van der Waals surface area contributed by atoms with Gasteiger partial charge in [0.25, 0.3) is 17.2 Å². The number of furan rings is 1.